The van der Waals surface area contributed by atoms with Crippen molar-refractivity contribution < 1.29 is 14.3 Å². The summed E-state index contributed by atoms with van der Waals surface area (Å²) in [6.45, 7) is 6.03. The highest BCUT2D eigenvalue weighted by molar-refractivity contribution is 5.89. The Balaban J connectivity index is 1.86. The summed E-state index contributed by atoms with van der Waals surface area (Å²) in [5, 5.41) is 5.60. The monoisotopic (exact) mass is 264 g/mol. The second-order valence-corrected chi connectivity index (χ2v) is 4.92. The van der Waals surface area contributed by atoms with Gasteiger partial charge in [0.15, 0.2) is 11.5 Å². The van der Waals surface area contributed by atoms with Crippen molar-refractivity contribution >= 4 is 11.7 Å². The first kappa shape index (κ1) is 13.5. The van der Waals surface area contributed by atoms with Gasteiger partial charge in [-0.3, -0.25) is 0 Å². The third kappa shape index (κ3) is 4.05. The van der Waals surface area contributed by atoms with Crippen molar-refractivity contribution in [1.29, 1.82) is 0 Å². The molecule has 5 nitrogen and oxygen atoms in total. The maximum Gasteiger partial charge on any atom is 0.319 e. The molecular weight excluding hydrogens is 244 g/mol. The molecule has 104 valence electrons. The summed E-state index contributed by atoms with van der Waals surface area (Å²) in [7, 11) is 0. The predicted molar refractivity (Wildman–Crippen MR) is 73.9 cm³/mol. The maximum atomic E-state index is 11.7. The molecule has 0 radical (unpaired) electrons. The van der Waals surface area contributed by atoms with Crippen LogP contribution in [0.5, 0.6) is 11.5 Å². The molecule has 0 aromatic heterocycles. The molecule has 0 fully saturated rings. The topological polar surface area (TPSA) is 59.6 Å². The van der Waals surface area contributed by atoms with Gasteiger partial charge in [-0.2, -0.15) is 0 Å². The number of carbonyl (C=O) groups excluding carboxylic acids is 1. The number of amides is 2. The molecule has 1 heterocycles. The zero-order valence-corrected chi connectivity index (χ0v) is 11.4. The average Bonchev–Trinajstić information content (AvgIpc) is 2.38. The minimum absolute atomic E-state index is 0.197. The largest absolute Gasteiger partial charge is 0.486 e. The number of rotatable bonds is 4. The van der Waals surface area contributed by atoms with Crippen molar-refractivity contribution in [2.75, 3.05) is 25.1 Å². The molecule has 2 N–H and O–H groups in total. The summed E-state index contributed by atoms with van der Waals surface area (Å²) in [4.78, 5) is 11.7. The second kappa shape index (κ2) is 6.31. The first-order valence-electron chi connectivity index (χ1n) is 6.59. The van der Waals surface area contributed by atoms with Gasteiger partial charge in [-0.15, -0.1) is 0 Å². The van der Waals surface area contributed by atoms with Gasteiger partial charge >= 0.3 is 6.03 Å². The van der Waals surface area contributed by atoms with Gasteiger partial charge in [0, 0.05) is 18.3 Å². The van der Waals surface area contributed by atoms with E-state index in [1.165, 1.54) is 0 Å². The quantitative estimate of drug-likeness (QED) is 0.878. The third-order valence-corrected chi connectivity index (χ3v) is 2.81. The summed E-state index contributed by atoms with van der Waals surface area (Å²) < 4.78 is 10.9. The number of nitrogens with one attached hydrogen (secondary N) is 2. The summed E-state index contributed by atoms with van der Waals surface area (Å²) in [6, 6.07) is 5.18. The summed E-state index contributed by atoms with van der Waals surface area (Å²) in [5.41, 5.74) is 0.700. The van der Waals surface area contributed by atoms with E-state index >= 15 is 0 Å². The number of urea groups is 1. The van der Waals surface area contributed by atoms with E-state index in [4.69, 9.17) is 9.47 Å². The van der Waals surface area contributed by atoms with E-state index < -0.39 is 0 Å². The molecule has 0 atom stereocenters. The van der Waals surface area contributed by atoms with Gasteiger partial charge in [-0.25, -0.2) is 4.79 Å². The molecule has 0 unspecified atom stereocenters. The Bertz CT molecular complexity index is 446. The van der Waals surface area contributed by atoms with Gasteiger partial charge in [-0.1, -0.05) is 13.8 Å². The predicted octanol–water partition coefficient (Wildman–Crippen LogP) is 2.63. The van der Waals surface area contributed by atoms with Gasteiger partial charge in [0.05, 0.1) is 0 Å². The van der Waals surface area contributed by atoms with E-state index in [9.17, 15) is 4.79 Å². The van der Waals surface area contributed by atoms with Gasteiger partial charge in [0.1, 0.15) is 13.2 Å². The van der Waals surface area contributed by atoms with Crippen LogP contribution in [0.1, 0.15) is 20.3 Å². The number of hydrogen-bond donors (Lipinski definition) is 2. The lowest BCUT2D eigenvalue weighted by Gasteiger charge is -2.19. The molecule has 1 aliphatic rings. The molecule has 0 saturated heterocycles. The Morgan fingerprint density at radius 2 is 2.00 bits per heavy atom. The average molecular weight is 264 g/mol. The van der Waals surface area contributed by atoms with Crippen LogP contribution in [-0.4, -0.2) is 25.8 Å². The van der Waals surface area contributed by atoms with E-state index in [-0.39, 0.29) is 6.03 Å². The van der Waals surface area contributed by atoms with Crippen LogP contribution in [0.25, 0.3) is 0 Å². The van der Waals surface area contributed by atoms with E-state index in [1.54, 1.807) is 18.2 Å². The fourth-order valence-electron chi connectivity index (χ4n) is 1.77. The molecular formula is C14H20N2O3. The normalized spacial score (nSPS) is 13.2. The van der Waals surface area contributed by atoms with Gasteiger partial charge < -0.3 is 20.1 Å². The van der Waals surface area contributed by atoms with Crippen LogP contribution in [0.15, 0.2) is 18.2 Å². The molecule has 19 heavy (non-hydrogen) atoms. The van der Waals surface area contributed by atoms with Gasteiger partial charge in [0.2, 0.25) is 0 Å². The second-order valence-electron chi connectivity index (χ2n) is 4.92. The fourth-order valence-corrected chi connectivity index (χ4v) is 1.77. The molecule has 1 aromatic carbocycles. The molecule has 1 aromatic rings. The Hall–Kier alpha value is -1.91. The molecule has 0 spiro atoms. The summed E-state index contributed by atoms with van der Waals surface area (Å²) in [5.74, 6) is 1.97. The number of anilines is 1. The Kier molecular flexibility index (Phi) is 4.49. The van der Waals surface area contributed by atoms with Crippen LogP contribution in [0.3, 0.4) is 0 Å². The summed E-state index contributed by atoms with van der Waals surface area (Å²) >= 11 is 0. The fraction of sp³-hybridized carbons (Fsp3) is 0.500. The SMILES string of the molecule is CC(C)CCNC(=O)Nc1ccc2c(c1)OCCO2. The van der Waals surface area contributed by atoms with Crippen LogP contribution >= 0.6 is 0 Å². The third-order valence-electron chi connectivity index (χ3n) is 2.81. The van der Waals surface area contributed by atoms with Crippen LogP contribution in [0.4, 0.5) is 10.5 Å². The lowest BCUT2D eigenvalue weighted by atomic mass is 10.1. The standard InChI is InChI=1S/C14H20N2O3/c1-10(2)5-6-15-14(17)16-11-3-4-12-13(9-11)19-8-7-18-12/h3-4,9-10H,5-8H2,1-2H3,(H2,15,16,17). The number of ether oxygens (including phenoxy) is 2. The van der Waals surface area contributed by atoms with E-state index in [0.717, 1.165) is 12.2 Å². The molecule has 1 aliphatic heterocycles. The molecule has 2 amide bonds. The van der Waals surface area contributed by atoms with Crippen molar-refractivity contribution in [2.45, 2.75) is 20.3 Å². The number of hydrogen-bond acceptors (Lipinski definition) is 3. The van der Waals surface area contributed by atoms with E-state index in [0.29, 0.717) is 37.1 Å². The minimum atomic E-state index is -0.197. The Morgan fingerprint density at radius 1 is 1.26 bits per heavy atom. The Labute approximate surface area is 113 Å². The highest BCUT2D eigenvalue weighted by atomic mass is 16.6. The summed E-state index contributed by atoms with van der Waals surface area (Å²) in [6.07, 6.45) is 0.967. The zero-order valence-electron chi connectivity index (χ0n) is 11.4. The van der Waals surface area contributed by atoms with Crippen LogP contribution in [-0.2, 0) is 0 Å². The van der Waals surface area contributed by atoms with Crippen molar-refractivity contribution in [3.8, 4) is 11.5 Å². The molecule has 5 heteroatoms. The number of benzene rings is 1. The first-order chi connectivity index (χ1) is 9.15. The van der Waals surface area contributed by atoms with Gasteiger partial charge in [0.25, 0.3) is 0 Å². The highest BCUT2D eigenvalue weighted by Crippen LogP contribution is 2.32. The van der Waals surface area contributed by atoms with Crippen molar-refractivity contribution in [3.05, 3.63) is 18.2 Å². The Morgan fingerprint density at radius 3 is 2.74 bits per heavy atom. The molecule has 0 aliphatic carbocycles. The van der Waals surface area contributed by atoms with Crippen molar-refractivity contribution in [2.24, 2.45) is 5.92 Å². The van der Waals surface area contributed by atoms with E-state index in [1.807, 2.05) is 0 Å². The first-order valence-corrected chi connectivity index (χ1v) is 6.59. The van der Waals surface area contributed by atoms with Crippen LogP contribution < -0.4 is 20.1 Å². The zero-order chi connectivity index (χ0) is 13.7. The lowest BCUT2D eigenvalue weighted by molar-refractivity contribution is 0.171. The number of fused-ring (bicyclic) bond motifs is 1. The van der Waals surface area contributed by atoms with E-state index in [2.05, 4.69) is 24.5 Å². The minimum Gasteiger partial charge on any atom is -0.486 e. The smallest absolute Gasteiger partial charge is 0.319 e. The molecule has 0 bridgehead atoms. The molecule has 0 saturated carbocycles. The lowest BCUT2D eigenvalue weighted by Crippen LogP contribution is -2.30. The van der Waals surface area contributed by atoms with Gasteiger partial charge in [-0.05, 0) is 24.5 Å². The van der Waals surface area contributed by atoms with Crippen LogP contribution in [0, 0.1) is 5.92 Å². The molecule has 2 rings (SSSR count). The number of carbonyl (C=O) groups is 1. The van der Waals surface area contributed by atoms with Crippen molar-refractivity contribution in [3.63, 3.8) is 0 Å². The maximum absolute atomic E-state index is 11.7. The highest BCUT2D eigenvalue weighted by Gasteiger charge is 2.12. The van der Waals surface area contributed by atoms with Crippen molar-refractivity contribution in [1.82, 2.24) is 5.32 Å². The van der Waals surface area contributed by atoms with Crippen LogP contribution in [0.2, 0.25) is 0 Å².